The van der Waals surface area contributed by atoms with Crippen molar-refractivity contribution >= 4 is 18.4 Å². The smallest absolute Gasteiger partial charge is 0.310 e. The van der Waals surface area contributed by atoms with Crippen LogP contribution in [0.3, 0.4) is 0 Å². The van der Waals surface area contributed by atoms with Crippen molar-refractivity contribution in [2.24, 2.45) is 16.7 Å². The molecule has 0 saturated heterocycles. The molecule has 88 valence electrons. The summed E-state index contributed by atoms with van der Waals surface area (Å²) in [6, 6.07) is 0. The van der Waals surface area contributed by atoms with Crippen molar-refractivity contribution in [3.05, 3.63) is 11.6 Å². The Morgan fingerprint density at radius 1 is 1.40 bits per heavy atom. The zero-order chi connectivity index (χ0) is 11.1. The molecule has 1 aliphatic carbocycles. The second-order valence-electron chi connectivity index (χ2n) is 5.07. The van der Waals surface area contributed by atoms with Crippen LogP contribution in [0.25, 0.3) is 0 Å². The molecule has 0 aromatic heterocycles. The van der Waals surface area contributed by atoms with E-state index in [1.165, 1.54) is 5.57 Å². The van der Waals surface area contributed by atoms with Gasteiger partial charge in [0.25, 0.3) is 0 Å². The van der Waals surface area contributed by atoms with E-state index in [1.54, 1.807) is 0 Å². The fourth-order valence-electron chi connectivity index (χ4n) is 2.81. The van der Waals surface area contributed by atoms with Gasteiger partial charge in [0.1, 0.15) is 0 Å². The first-order valence-electron chi connectivity index (χ1n) is 5.19. The van der Waals surface area contributed by atoms with Crippen LogP contribution in [0.4, 0.5) is 0 Å². The number of allylic oxidation sites excluding steroid dienone is 2. The summed E-state index contributed by atoms with van der Waals surface area (Å²) in [5.41, 5.74) is 0.592. The first kappa shape index (κ1) is 14.5. The summed E-state index contributed by atoms with van der Waals surface area (Å²) in [6.45, 7) is 10.1. The summed E-state index contributed by atoms with van der Waals surface area (Å²) in [5, 5.41) is 9.29. The second kappa shape index (κ2) is 4.17. The van der Waals surface area contributed by atoms with Crippen LogP contribution < -0.4 is 0 Å². The van der Waals surface area contributed by atoms with E-state index in [4.69, 9.17) is 0 Å². The predicted octanol–water partition coefficient (Wildman–Crippen LogP) is 3.51. The second-order valence-corrected chi connectivity index (χ2v) is 5.07. The number of carbonyl (C=O) groups is 1. The number of carboxylic acid groups (broad SMARTS) is 1. The molecule has 0 amide bonds. The highest BCUT2D eigenvalue weighted by Crippen LogP contribution is 2.71. The largest absolute Gasteiger partial charge is 0.481 e. The number of hydrogen-bond donors (Lipinski definition) is 1. The highest BCUT2D eigenvalue weighted by molar-refractivity contribution is 5.85. The van der Waals surface area contributed by atoms with Crippen molar-refractivity contribution in [1.29, 1.82) is 0 Å². The van der Waals surface area contributed by atoms with Crippen LogP contribution >= 0.6 is 12.4 Å². The Morgan fingerprint density at radius 3 is 2.07 bits per heavy atom. The van der Waals surface area contributed by atoms with Gasteiger partial charge in [-0.05, 0) is 31.6 Å². The molecule has 1 fully saturated rings. The number of rotatable bonds is 3. The molecule has 1 aliphatic rings. The van der Waals surface area contributed by atoms with Crippen LogP contribution in [-0.4, -0.2) is 11.1 Å². The standard InChI is InChI=1S/C12H20O2.ClH/c1-6-12(10(13)14)9(7-8(2)3)11(12,4)5;/h7,9H,6H2,1-5H3,(H,13,14);1H. The summed E-state index contributed by atoms with van der Waals surface area (Å²) in [6.07, 6.45) is 2.82. The third-order valence-electron chi connectivity index (χ3n) is 3.81. The molecule has 0 aromatic carbocycles. The Labute approximate surface area is 98.2 Å². The van der Waals surface area contributed by atoms with Crippen LogP contribution in [-0.2, 0) is 4.79 Å². The Morgan fingerprint density at radius 2 is 1.87 bits per heavy atom. The van der Waals surface area contributed by atoms with Crippen LogP contribution in [0.15, 0.2) is 11.6 Å². The Balaban J connectivity index is 0.00000196. The van der Waals surface area contributed by atoms with Gasteiger partial charge in [-0.25, -0.2) is 0 Å². The van der Waals surface area contributed by atoms with Crippen LogP contribution in [0.1, 0.15) is 41.0 Å². The van der Waals surface area contributed by atoms with Crippen molar-refractivity contribution in [2.75, 3.05) is 0 Å². The number of hydrogen-bond acceptors (Lipinski definition) is 1. The molecule has 1 saturated carbocycles. The molecule has 0 aromatic rings. The van der Waals surface area contributed by atoms with Gasteiger partial charge in [0.15, 0.2) is 0 Å². The van der Waals surface area contributed by atoms with Gasteiger partial charge in [-0.3, -0.25) is 4.79 Å². The monoisotopic (exact) mass is 232 g/mol. The highest BCUT2D eigenvalue weighted by atomic mass is 35.5. The zero-order valence-electron chi connectivity index (χ0n) is 10.1. The molecule has 0 bridgehead atoms. The maximum atomic E-state index is 11.3. The van der Waals surface area contributed by atoms with Crippen LogP contribution in [0.2, 0.25) is 0 Å². The summed E-state index contributed by atoms with van der Waals surface area (Å²) >= 11 is 0. The van der Waals surface area contributed by atoms with E-state index in [2.05, 4.69) is 19.9 Å². The lowest BCUT2D eigenvalue weighted by Gasteiger charge is -2.11. The molecule has 1 N–H and O–H groups in total. The lowest BCUT2D eigenvalue weighted by Crippen LogP contribution is -2.20. The topological polar surface area (TPSA) is 37.3 Å². The highest BCUT2D eigenvalue weighted by Gasteiger charge is 2.73. The summed E-state index contributed by atoms with van der Waals surface area (Å²) in [4.78, 5) is 11.3. The number of halogens is 1. The summed E-state index contributed by atoms with van der Waals surface area (Å²) in [7, 11) is 0. The molecular formula is C12H21ClO2. The maximum Gasteiger partial charge on any atom is 0.310 e. The molecule has 2 nitrogen and oxygen atoms in total. The van der Waals surface area contributed by atoms with E-state index >= 15 is 0 Å². The van der Waals surface area contributed by atoms with Gasteiger partial charge in [0.05, 0.1) is 5.41 Å². The van der Waals surface area contributed by atoms with Gasteiger partial charge in [-0.1, -0.05) is 32.4 Å². The van der Waals surface area contributed by atoms with E-state index < -0.39 is 11.4 Å². The van der Waals surface area contributed by atoms with Crippen molar-refractivity contribution in [3.63, 3.8) is 0 Å². The molecule has 2 atom stereocenters. The minimum Gasteiger partial charge on any atom is -0.481 e. The molecule has 0 aliphatic heterocycles. The third kappa shape index (κ3) is 1.80. The van der Waals surface area contributed by atoms with Crippen molar-refractivity contribution in [2.45, 2.75) is 41.0 Å². The fourth-order valence-corrected chi connectivity index (χ4v) is 2.81. The Hall–Kier alpha value is -0.500. The molecule has 0 heterocycles. The SMILES string of the molecule is CCC1(C(=O)O)C(C=C(C)C)C1(C)C.Cl. The van der Waals surface area contributed by atoms with E-state index in [-0.39, 0.29) is 23.7 Å². The number of carboxylic acids is 1. The van der Waals surface area contributed by atoms with Gasteiger partial charge in [-0.15, -0.1) is 12.4 Å². The minimum absolute atomic E-state index is 0. The molecule has 3 heteroatoms. The van der Waals surface area contributed by atoms with E-state index in [1.807, 2.05) is 20.8 Å². The fraction of sp³-hybridized carbons (Fsp3) is 0.750. The first-order chi connectivity index (χ1) is 6.30. The number of aliphatic carboxylic acids is 1. The van der Waals surface area contributed by atoms with E-state index in [0.717, 1.165) is 0 Å². The average Bonchev–Trinajstić information content (AvgIpc) is 2.48. The van der Waals surface area contributed by atoms with Crippen molar-refractivity contribution in [1.82, 2.24) is 0 Å². The third-order valence-corrected chi connectivity index (χ3v) is 3.81. The van der Waals surface area contributed by atoms with E-state index in [9.17, 15) is 9.90 Å². The minimum atomic E-state index is -0.646. The van der Waals surface area contributed by atoms with Crippen LogP contribution in [0.5, 0.6) is 0 Å². The molecule has 2 unspecified atom stereocenters. The average molecular weight is 233 g/mol. The zero-order valence-corrected chi connectivity index (χ0v) is 10.9. The van der Waals surface area contributed by atoms with E-state index in [0.29, 0.717) is 6.42 Å². The van der Waals surface area contributed by atoms with Gasteiger partial charge < -0.3 is 5.11 Å². The lowest BCUT2D eigenvalue weighted by molar-refractivity contribution is -0.145. The molecule has 0 radical (unpaired) electrons. The van der Waals surface area contributed by atoms with Gasteiger partial charge in [0.2, 0.25) is 0 Å². The molecule has 15 heavy (non-hydrogen) atoms. The first-order valence-corrected chi connectivity index (χ1v) is 5.19. The van der Waals surface area contributed by atoms with Gasteiger partial charge >= 0.3 is 5.97 Å². The van der Waals surface area contributed by atoms with Crippen LogP contribution in [0, 0.1) is 16.7 Å². The maximum absolute atomic E-state index is 11.3. The quantitative estimate of drug-likeness (QED) is 0.757. The van der Waals surface area contributed by atoms with Gasteiger partial charge in [-0.2, -0.15) is 0 Å². The predicted molar refractivity (Wildman–Crippen MR) is 64.3 cm³/mol. The summed E-state index contributed by atoms with van der Waals surface area (Å²) < 4.78 is 0. The Kier molecular flexibility index (Phi) is 4.03. The van der Waals surface area contributed by atoms with Gasteiger partial charge in [0, 0.05) is 0 Å². The lowest BCUT2D eigenvalue weighted by atomic mass is 9.93. The molecule has 1 rings (SSSR count). The van der Waals surface area contributed by atoms with Crippen molar-refractivity contribution in [3.8, 4) is 0 Å². The molecule has 0 spiro atoms. The molecular weight excluding hydrogens is 212 g/mol. The summed E-state index contributed by atoms with van der Waals surface area (Å²) in [5.74, 6) is -0.449. The normalized spacial score (nSPS) is 31.4. The van der Waals surface area contributed by atoms with Crippen molar-refractivity contribution < 1.29 is 9.90 Å². The Bertz CT molecular complexity index is 290.